The van der Waals surface area contributed by atoms with Crippen LogP contribution in [0.4, 0.5) is 13.2 Å². The van der Waals surface area contributed by atoms with Crippen molar-refractivity contribution in [1.29, 1.82) is 0 Å². The molecule has 1 unspecified atom stereocenters. The molecule has 2 nitrogen and oxygen atoms in total. The first-order chi connectivity index (χ1) is 5.93. The van der Waals surface area contributed by atoms with Gasteiger partial charge in [0.1, 0.15) is 0 Å². The second kappa shape index (κ2) is 4.79. The van der Waals surface area contributed by atoms with Crippen molar-refractivity contribution < 1.29 is 18.0 Å². The van der Waals surface area contributed by atoms with Gasteiger partial charge in [-0.15, -0.1) is 0 Å². The Bertz CT molecular complexity index is 230. The average molecular weight is 193 g/mol. The maximum Gasteiger partial charge on any atom is 0.397 e. The molecule has 0 amide bonds. The Morgan fingerprint density at radius 1 is 1.46 bits per heavy atom. The van der Waals surface area contributed by atoms with E-state index in [0.29, 0.717) is 0 Å². The first-order valence-electron chi connectivity index (χ1n) is 3.64. The predicted octanol–water partition coefficient (Wildman–Crippen LogP) is 2.36. The Hall–Kier alpha value is -1.13. The lowest BCUT2D eigenvalue weighted by molar-refractivity contribution is -0.151. The van der Waals surface area contributed by atoms with Crippen molar-refractivity contribution in [3.63, 3.8) is 0 Å². The maximum absolute atomic E-state index is 12.0. The van der Waals surface area contributed by atoms with Gasteiger partial charge in [-0.05, 0) is 13.8 Å². The number of hydrogen-bond donors (Lipinski definition) is 0. The van der Waals surface area contributed by atoms with Crippen molar-refractivity contribution >= 4 is 12.0 Å². The first kappa shape index (κ1) is 11.9. The minimum Gasteiger partial charge on any atom is -0.297 e. The third-order valence-electron chi connectivity index (χ3n) is 1.43. The standard InChI is InChI=1S/C8H10F3NO/c1-3-4-12-7(5-13)6(2)8(9,10)11/h3-6H,1-2H3/b4-3-,12-7?. The van der Waals surface area contributed by atoms with Crippen LogP contribution in [-0.4, -0.2) is 18.2 Å². The highest BCUT2D eigenvalue weighted by atomic mass is 19.4. The van der Waals surface area contributed by atoms with E-state index in [9.17, 15) is 18.0 Å². The molecule has 0 saturated heterocycles. The Morgan fingerprint density at radius 3 is 2.31 bits per heavy atom. The molecule has 0 aromatic heterocycles. The summed E-state index contributed by atoms with van der Waals surface area (Å²) in [6.45, 7) is 2.50. The summed E-state index contributed by atoms with van der Waals surface area (Å²) in [6.07, 6.45) is -1.68. The van der Waals surface area contributed by atoms with Gasteiger partial charge in [-0.25, -0.2) is 0 Å². The summed E-state index contributed by atoms with van der Waals surface area (Å²) in [5, 5.41) is 0. The fourth-order valence-corrected chi connectivity index (χ4v) is 0.573. The van der Waals surface area contributed by atoms with Gasteiger partial charge in [0, 0.05) is 6.20 Å². The number of rotatable bonds is 3. The zero-order chi connectivity index (χ0) is 10.5. The van der Waals surface area contributed by atoms with E-state index in [0.717, 1.165) is 13.1 Å². The van der Waals surface area contributed by atoms with Crippen LogP contribution < -0.4 is 0 Å². The lowest BCUT2D eigenvalue weighted by Crippen LogP contribution is -2.28. The van der Waals surface area contributed by atoms with Crippen LogP contribution in [0.3, 0.4) is 0 Å². The molecule has 0 fully saturated rings. The number of halogens is 3. The van der Waals surface area contributed by atoms with Gasteiger partial charge >= 0.3 is 6.18 Å². The van der Waals surface area contributed by atoms with E-state index in [1.165, 1.54) is 6.08 Å². The second-order valence-corrected chi connectivity index (χ2v) is 2.42. The molecule has 0 bridgehead atoms. The smallest absolute Gasteiger partial charge is 0.297 e. The monoisotopic (exact) mass is 193 g/mol. The van der Waals surface area contributed by atoms with Crippen LogP contribution in [0.2, 0.25) is 0 Å². The van der Waals surface area contributed by atoms with Crippen molar-refractivity contribution in [2.75, 3.05) is 0 Å². The Morgan fingerprint density at radius 2 is 2.00 bits per heavy atom. The van der Waals surface area contributed by atoms with Crippen molar-refractivity contribution in [2.45, 2.75) is 20.0 Å². The Kier molecular flexibility index (Phi) is 4.37. The third kappa shape index (κ3) is 3.87. The fourth-order valence-electron chi connectivity index (χ4n) is 0.573. The van der Waals surface area contributed by atoms with Crippen LogP contribution >= 0.6 is 0 Å². The zero-order valence-electron chi connectivity index (χ0n) is 7.30. The highest BCUT2D eigenvalue weighted by molar-refractivity contribution is 6.29. The molecule has 0 aliphatic carbocycles. The predicted molar refractivity (Wildman–Crippen MR) is 43.5 cm³/mol. The van der Waals surface area contributed by atoms with Gasteiger partial charge in [0.2, 0.25) is 0 Å². The zero-order valence-corrected chi connectivity index (χ0v) is 7.30. The number of allylic oxidation sites excluding steroid dienone is 1. The summed E-state index contributed by atoms with van der Waals surface area (Å²) in [6, 6.07) is 0. The molecule has 0 aliphatic heterocycles. The van der Waals surface area contributed by atoms with E-state index in [-0.39, 0.29) is 6.29 Å². The summed E-state index contributed by atoms with van der Waals surface area (Å²) < 4.78 is 36.1. The topological polar surface area (TPSA) is 29.4 Å². The lowest BCUT2D eigenvalue weighted by Gasteiger charge is -2.13. The summed E-state index contributed by atoms with van der Waals surface area (Å²) >= 11 is 0. The molecule has 74 valence electrons. The van der Waals surface area contributed by atoms with E-state index < -0.39 is 17.8 Å². The van der Waals surface area contributed by atoms with Gasteiger partial charge in [-0.3, -0.25) is 9.79 Å². The van der Waals surface area contributed by atoms with E-state index in [1.807, 2.05) is 0 Å². The first-order valence-corrected chi connectivity index (χ1v) is 3.64. The van der Waals surface area contributed by atoms with E-state index in [1.54, 1.807) is 6.92 Å². The number of carbonyl (C=O) groups is 1. The van der Waals surface area contributed by atoms with E-state index >= 15 is 0 Å². The minimum atomic E-state index is -4.42. The van der Waals surface area contributed by atoms with Gasteiger partial charge in [0.15, 0.2) is 6.29 Å². The normalized spacial score (nSPS) is 16.2. The van der Waals surface area contributed by atoms with E-state index in [2.05, 4.69) is 4.99 Å². The van der Waals surface area contributed by atoms with E-state index in [4.69, 9.17) is 0 Å². The molecule has 0 aromatic rings. The van der Waals surface area contributed by atoms with Crippen LogP contribution in [-0.2, 0) is 4.79 Å². The molecule has 13 heavy (non-hydrogen) atoms. The molecule has 0 aromatic carbocycles. The molecule has 0 radical (unpaired) electrons. The summed E-state index contributed by atoms with van der Waals surface area (Å²) in [4.78, 5) is 13.6. The molecule has 0 rings (SSSR count). The summed E-state index contributed by atoms with van der Waals surface area (Å²) in [5.74, 6) is -1.82. The average Bonchev–Trinajstić information content (AvgIpc) is 2.04. The van der Waals surface area contributed by atoms with Crippen LogP contribution in [0, 0.1) is 5.92 Å². The lowest BCUT2D eigenvalue weighted by atomic mass is 10.1. The number of alkyl halides is 3. The van der Waals surface area contributed by atoms with Crippen LogP contribution in [0.25, 0.3) is 0 Å². The van der Waals surface area contributed by atoms with Crippen molar-refractivity contribution in [1.82, 2.24) is 0 Å². The molecule has 0 saturated carbocycles. The Balaban J connectivity index is 4.69. The van der Waals surface area contributed by atoms with Crippen LogP contribution in [0.1, 0.15) is 13.8 Å². The molecule has 0 aliphatic rings. The highest BCUT2D eigenvalue weighted by Crippen LogP contribution is 2.26. The quantitative estimate of drug-likeness (QED) is 0.499. The molecule has 1 atom stereocenters. The number of nitrogens with zero attached hydrogens (tertiary/aromatic N) is 1. The number of aldehydes is 1. The van der Waals surface area contributed by atoms with Gasteiger partial charge in [-0.1, -0.05) is 6.08 Å². The van der Waals surface area contributed by atoms with Crippen LogP contribution in [0.5, 0.6) is 0 Å². The van der Waals surface area contributed by atoms with Crippen molar-refractivity contribution in [3.05, 3.63) is 12.3 Å². The van der Waals surface area contributed by atoms with Gasteiger partial charge in [0.05, 0.1) is 11.6 Å². The van der Waals surface area contributed by atoms with Crippen LogP contribution in [0.15, 0.2) is 17.3 Å². The number of aliphatic imine (C=N–C) groups is 1. The summed E-state index contributed by atoms with van der Waals surface area (Å²) in [7, 11) is 0. The van der Waals surface area contributed by atoms with Gasteiger partial charge in [0.25, 0.3) is 0 Å². The highest BCUT2D eigenvalue weighted by Gasteiger charge is 2.39. The van der Waals surface area contributed by atoms with Gasteiger partial charge in [-0.2, -0.15) is 13.2 Å². The SMILES string of the molecule is C/C=C\N=C(C=O)C(C)C(F)(F)F. The molecule has 5 heteroatoms. The third-order valence-corrected chi connectivity index (χ3v) is 1.43. The summed E-state index contributed by atoms with van der Waals surface area (Å²) in [5.41, 5.74) is -0.509. The molecule has 0 N–H and O–H groups in total. The Labute approximate surface area is 74.2 Å². The molecular formula is C8H10F3NO. The molecule has 0 heterocycles. The van der Waals surface area contributed by atoms with Crippen molar-refractivity contribution in [2.24, 2.45) is 10.9 Å². The fraction of sp³-hybridized carbons (Fsp3) is 0.500. The van der Waals surface area contributed by atoms with Gasteiger partial charge < -0.3 is 0 Å². The number of hydrogen-bond acceptors (Lipinski definition) is 2. The maximum atomic E-state index is 12.0. The molecular weight excluding hydrogens is 183 g/mol. The molecule has 0 spiro atoms. The second-order valence-electron chi connectivity index (χ2n) is 2.42. The minimum absolute atomic E-state index is 0.123. The largest absolute Gasteiger partial charge is 0.397 e. The van der Waals surface area contributed by atoms with Crippen molar-refractivity contribution in [3.8, 4) is 0 Å². The number of carbonyl (C=O) groups excluding carboxylic acids is 1.